The van der Waals surface area contributed by atoms with Gasteiger partial charge in [-0.1, -0.05) is 6.07 Å². The summed E-state index contributed by atoms with van der Waals surface area (Å²) in [5.41, 5.74) is 6.25. The van der Waals surface area contributed by atoms with Crippen molar-refractivity contribution >= 4 is 17.5 Å². The molecule has 0 unspecified atom stereocenters. The largest absolute Gasteiger partial charge is 0.366 e. The first kappa shape index (κ1) is 17.6. The lowest BCUT2D eigenvalue weighted by Gasteiger charge is -2.15. The van der Waals surface area contributed by atoms with Crippen molar-refractivity contribution in [2.45, 2.75) is 13.0 Å². The fourth-order valence-electron chi connectivity index (χ4n) is 2.13. The van der Waals surface area contributed by atoms with Crippen LogP contribution >= 0.6 is 0 Å². The molecule has 126 valence electrons. The van der Waals surface area contributed by atoms with Gasteiger partial charge in [0, 0.05) is 28.9 Å². The van der Waals surface area contributed by atoms with Crippen LogP contribution in [0.1, 0.15) is 28.9 Å². The van der Waals surface area contributed by atoms with Gasteiger partial charge in [-0.25, -0.2) is 8.78 Å². The van der Waals surface area contributed by atoms with Crippen molar-refractivity contribution in [3.8, 4) is 0 Å². The minimum absolute atomic E-state index is 0.0600. The number of anilines is 1. The summed E-state index contributed by atoms with van der Waals surface area (Å²) in [4.78, 5) is 22.9. The summed E-state index contributed by atoms with van der Waals surface area (Å²) in [5.74, 6) is -2.21. The number of nitrogens with two attached hydrogens (primary N) is 1. The Morgan fingerprint density at radius 3 is 2.38 bits per heavy atom. The Hall–Kier alpha value is -2.80. The van der Waals surface area contributed by atoms with E-state index in [0.29, 0.717) is 11.3 Å². The first-order valence-corrected chi connectivity index (χ1v) is 7.25. The number of benzene rings is 2. The fourth-order valence-corrected chi connectivity index (χ4v) is 2.13. The summed E-state index contributed by atoms with van der Waals surface area (Å²) in [5, 5.41) is 5.49. The molecule has 0 aliphatic carbocycles. The van der Waals surface area contributed by atoms with Gasteiger partial charge in [0.1, 0.15) is 11.6 Å². The SMILES string of the molecule is C[C@@H](NCC(=O)Nc1ccc(C(N)=O)cc1)c1ccc(F)cc1F. The summed E-state index contributed by atoms with van der Waals surface area (Å²) in [6.07, 6.45) is 0. The van der Waals surface area contributed by atoms with Crippen molar-refractivity contribution in [2.75, 3.05) is 11.9 Å². The van der Waals surface area contributed by atoms with E-state index >= 15 is 0 Å². The number of hydrogen-bond donors (Lipinski definition) is 3. The first-order chi connectivity index (χ1) is 11.4. The Balaban J connectivity index is 1.89. The third kappa shape index (κ3) is 4.60. The third-order valence-corrected chi connectivity index (χ3v) is 3.45. The minimum atomic E-state index is -0.669. The van der Waals surface area contributed by atoms with Gasteiger partial charge in [0.05, 0.1) is 6.54 Å². The molecule has 0 heterocycles. The van der Waals surface area contributed by atoms with Gasteiger partial charge in [-0.05, 0) is 37.3 Å². The molecule has 0 bridgehead atoms. The van der Waals surface area contributed by atoms with Crippen LogP contribution in [0.4, 0.5) is 14.5 Å². The van der Waals surface area contributed by atoms with Gasteiger partial charge in [0.2, 0.25) is 11.8 Å². The number of carbonyl (C=O) groups is 2. The molecule has 4 N–H and O–H groups in total. The van der Waals surface area contributed by atoms with E-state index in [9.17, 15) is 18.4 Å². The molecule has 5 nitrogen and oxygen atoms in total. The van der Waals surface area contributed by atoms with Gasteiger partial charge in [-0.2, -0.15) is 0 Å². The molecule has 0 spiro atoms. The standard InChI is InChI=1S/C17H17F2N3O2/c1-10(14-7-4-12(18)8-15(14)19)21-9-16(23)22-13-5-2-11(3-6-13)17(20)24/h2-8,10,21H,9H2,1H3,(H2,20,24)(H,22,23)/t10-/m1/s1. The van der Waals surface area contributed by atoms with Crippen LogP contribution in [0, 0.1) is 11.6 Å². The van der Waals surface area contributed by atoms with Gasteiger partial charge < -0.3 is 16.4 Å². The van der Waals surface area contributed by atoms with Gasteiger partial charge >= 0.3 is 0 Å². The van der Waals surface area contributed by atoms with Crippen LogP contribution < -0.4 is 16.4 Å². The molecule has 7 heteroatoms. The van der Waals surface area contributed by atoms with Gasteiger partial charge in [-0.15, -0.1) is 0 Å². The molecular formula is C17H17F2N3O2. The Kier molecular flexibility index (Phi) is 5.59. The lowest BCUT2D eigenvalue weighted by Crippen LogP contribution is -2.30. The normalized spacial score (nSPS) is 11.8. The van der Waals surface area contributed by atoms with Crippen LogP contribution in [0.15, 0.2) is 42.5 Å². The highest BCUT2D eigenvalue weighted by Gasteiger charge is 2.13. The van der Waals surface area contributed by atoms with E-state index in [2.05, 4.69) is 10.6 Å². The van der Waals surface area contributed by atoms with Crippen LogP contribution in [-0.2, 0) is 4.79 Å². The van der Waals surface area contributed by atoms with Crippen LogP contribution in [0.5, 0.6) is 0 Å². The quantitative estimate of drug-likeness (QED) is 0.759. The third-order valence-electron chi connectivity index (χ3n) is 3.45. The summed E-state index contributed by atoms with van der Waals surface area (Å²) < 4.78 is 26.5. The fraction of sp³-hybridized carbons (Fsp3) is 0.176. The van der Waals surface area contributed by atoms with Crippen molar-refractivity contribution in [2.24, 2.45) is 5.73 Å². The van der Waals surface area contributed by atoms with Gasteiger partial charge in [0.25, 0.3) is 0 Å². The van der Waals surface area contributed by atoms with Crippen LogP contribution in [0.3, 0.4) is 0 Å². The van der Waals surface area contributed by atoms with Crippen molar-refractivity contribution in [1.29, 1.82) is 0 Å². The van der Waals surface area contributed by atoms with Crippen molar-refractivity contribution < 1.29 is 18.4 Å². The number of carbonyl (C=O) groups excluding carboxylic acids is 2. The maximum atomic E-state index is 13.7. The Morgan fingerprint density at radius 1 is 1.12 bits per heavy atom. The first-order valence-electron chi connectivity index (χ1n) is 7.25. The Morgan fingerprint density at radius 2 is 1.79 bits per heavy atom. The van der Waals surface area contributed by atoms with Crippen LogP contribution in [0.25, 0.3) is 0 Å². The number of amides is 2. The Bertz CT molecular complexity index is 748. The molecule has 0 radical (unpaired) electrons. The van der Waals surface area contributed by atoms with E-state index in [0.717, 1.165) is 12.1 Å². The number of hydrogen-bond acceptors (Lipinski definition) is 3. The maximum Gasteiger partial charge on any atom is 0.248 e. The van der Waals surface area contributed by atoms with E-state index in [4.69, 9.17) is 5.73 Å². The van der Waals surface area contributed by atoms with E-state index in [1.54, 1.807) is 19.1 Å². The molecule has 0 fully saturated rings. The number of primary amides is 1. The average molecular weight is 333 g/mol. The highest BCUT2D eigenvalue weighted by Crippen LogP contribution is 2.17. The molecule has 0 saturated carbocycles. The predicted octanol–water partition coefficient (Wildman–Crippen LogP) is 2.35. The Labute approximate surface area is 137 Å². The summed E-state index contributed by atoms with van der Waals surface area (Å²) in [6.45, 7) is 1.61. The molecule has 2 aromatic rings. The lowest BCUT2D eigenvalue weighted by atomic mass is 10.1. The van der Waals surface area contributed by atoms with E-state index < -0.39 is 23.6 Å². The molecule has 0 aliphatic rings. The number of nitrogens with one attached hydrogen (secondary N) is 2. The minimum Gasteiger partial charge on any atom is -0.366 e. The van der Waals surface area contributed by atoms with Gasteiger partial charge in [0.15, 0.2) is 0 Å². The molecule has 2 aromatic carbocycles. The molecule has 0 saturated heterocycles. The molecule has 1 atom stereocenters. The highest BCUT2D eigenvalue weighted by atomic mass is 19.1. The molecule has 2 rings (SSSR count). The number of rotatable bonds is 6. The zero-order valence-electron chi connectivity index (χ0n) is 13.0. The molecule has 24 heavy (non-hydrogen) atoms. The second-order valence-electron chi connectivity index (χ2n) is 5.26. The zero-order valence-corrected chi connectivity index (χ0v) is 13.0. The predicted molar refractivity (Wildman–Crippen MR) is 86.4 cm³/mol. The monoisotopic (exact) mass is 333 g/mol. The maximum absolute atomic E-state index is 13.7. The van der Waals surface area contributed by atoms with E-state index in [1.165, 1.54) is 18.2 Å². The molecule has 2 amide bonds. The topological polar surface area (TPSA) is 84.2 Å². The van der Waals surface area contributed by atoms with Crippen LogP contribution in [0.2, 0.25) is 0 Å². The summed E-state index contributed by atoms with van der Waals surface area (Å²) in [7, 11) is 0. The van der Waals surface area contributed by atoms with Crippen molar-refractivity contribution in [3.63, 3.8) is 0 Å². The van der Waals surface area contributed by atoms with Gasteiger partial charge in [-0.3, -0.25) is 9.59 Å². The summed E-state index contributed by atoms with van der Waals surface area (Å²) in [6, 6.07) is 8.95. The molecule has 0 aromatic heterocycles. The van der Waals surface area contributed by atoms with Crippen molar-refractivity contribution in [1.82, 2.24) is 5.32 Å². The average Bonchev–Trinajstić information content (AvgIpc) is 2.53. The summed E-state index contributed by atoms with van der Waals surface area (Å²) >= 11 is 0. The number of halogens is 2. The van der Waals surface area contributed by atoms with E-state index in [1.807, 2.05) is 0 Å². The second-order valence-corrected chi connectivity index (χ2v) is 5.26. The van der Waals surface area contributed by atoms with Crippen molar-refractivity contribution in [3.05, 3.63) is 65.2 Å². The van der Waals surface area contributed by atoms with E-state index in [-0.39, 0.29) is 18.0 Å². The lowest BCUT2D eigenvalue weighted by molar-refractivity contribution is -0.115. The molecule has 0 aliphatic heterocycles. The zero-order chi connectivity index (χ0) is 17.7. The second kappa shape index (κ2) is 7.65. The highest BCUT2D eigenvalue weighted by molar-refractivity contribution is 5.95. The molecular weight excluding hydrogens is 316 g/mol. The smallest absolute Gasteiger partial charge is 0.248 e. The van der Waals surface area contributed by atoms with Crippen LogP contribution in [-0.4, -0.2) is 18.4 Å².